The summed E-state index contributed by atoms with van der Waals surface area (Å²) in [6.07, 6.45) is -0.477. The number of rotatable bonds is 6. The molecule has 0 fully saturated rings. The molecule has 0 saturated carbocycles. The van der Waals surface area contributed by atoms with Crippen molar-refractivity contribution < 1.29 is 13.9 Å². The Labute approximate surface area is 159 Å². The molecule has 1 amide bonds. The van der Waals surface area contributed by atoms with E-state index in [9.17, 15) is 9.18 Å². The Morgan fingerprint density at radius 3 is 2.36 bits per heavy atom. The zero-order valence-electron chi connectivity index (χ0n) is 15.5. The fraction of sp³-hybridized carbons (Fsp3) is 0.611. The Morgan fingerprint density at radius 1 is 1.24 bits per heavy atom. The van der Waals surface area contributed by atoms with Gasteiger partial charge in [-0.3, -0.25) is 0 Å². The maximum absolute atomic E-state index is 13.7. The molecule has 142 valence electrons. The molecule has 4 nitrogen and oxygen atoms in total. The number of nitrogens with one attached hydrogen (secondary N) is 2. The van der Waals surface area contributed by atoms with Gasteiger partial charge in [-0.25, -0.2) is 9.18 Å². The number of benzene rings is 1. The van der Waals surface area contributed by atoms with Gasteiger partial charge in [-0.05, 0) is 45.7 Å². The summed E-state index contributed by atoms with van der Waals surface area (Å²) < 4.78 is 19.0. The monoisotopic (exact) mass is 392 g/mol. The van der Waals surface area contributed by atoms with Crippen molar-refractivity contribution in [2.45, 2.75) is 59.2 Å². The minimum absolute atomic E-state index is 0.00936. The molecule has 2 unspecified atom stereocenters. The molecule has 2 atom stereocenters. The Bertz CT molecular complexity index is 603. The number of alkyl carbamates (subject to hydrolysis) is 1. The zero-order valence-corrected chi connectivity index (χ0v) is 17.1. The molecule has 7 heteroatoms. The average Bonchev–Trinajstić information content (AvgIpc) is 2.45. The summed E-state index contributed by atoms with van der Waals surface area (Å²) in [5.41, 5.74) is -0.0490. The Hall–Kier alpha value is -1.04. The van der Waals surface area contributed by atoms with Gasteiger partial charge in [0.15, 0.2) is 0 Å². The van der Waals surface area contributed by atoms with E-state index in [0.29, 0.717) is 17.1 Å². The van der Waals surface area contributed by atoms with Crippen LogP contribution in [0.5, 0.6) is 0 Å². The summed E-state index contributed by atoms with van der Waals surface area (Å²) in [5.74, 6) is -0.300. The van der Waals surface area contributed by atoms with Gasteiger partial charge in [-0.1, -0.05) is 37.0 Å². The average molecular weight is 393 g/mol. The molecule has 0 heterocycles. The van der Waals surface area contributed by atoms with Crippen LogP contribution in [0.1, 0.15) is 53.1 Å². The fourth-order valence-corrected chi connectivity index (χ4v) is 3.04. The molecule has 2 N–H and O–H groups in total. The number of ether oxygens (including phenoxy) is 1. The Balaban J connectivity index is 2.79. The van der Waals surface area contributed by atoms with Crippen molar-refractivity contribution in [1.82, 2.24) is 10.6 Å². The first kappa shape index (κ1) is 22.0. The second kappa shape index (κ2) is 9.06. The number of amides is 1. The largest absolute Gasteiger partial charge is 0.444 e. The van der Waals surface area contributed by atoms with Crippen molar-refractivity contribution in [2.75, 3.05) is 6.54 Å². The van der Waals surface area contributed by atoms with Gasteiger partial charge in [0.25, 0.3) is 0 Å². The van der Waals surface area contributed by atoms with E-state index in [1.165, 1.54) is 12.1 Å². The lowest BCUT2D eigenvalue weighted by Gasteiger charge is -2.28. The molecule has 0 aliphatic rings. The summed E-state index contributed by atoms with van der Waals surface area (Å²) >= 11 is 12.2. The predicted molar refractivity (Wildman–Crippen MR) is 101 cm³/mol. The summed E-state index contributed by atoms with van der Waals surface area (Å²) in [5, 5.41) is 6.51. The van der Waals surface area contributed by atoms with Crippen LogP contribution in [0, 0.1) is 11.7 Å². The molecule has 1 aromatic rings. The molecule has 25 heavy (non-hydrogen) atoms. The number of halogens is 3. The SMILES string of the molecule is CC(NC(CNC(=O)OC(C)(C)C)C(C)C)c1c(Cl)ccc(F)c1Cl. The predicted octanol–water partition coefficient (Wildman–Crippen LogP) is 5.33. The van der Waals surface area contributed by atoms with Gasteiger partial charge in [0.2, 0.25) is 0 Å². The lowest BCUT2D eigenvalue weighted by molar-refractivity contribution is 0.0518. The highest BCUT2D eigenvalue weighted by Gasteiger charge is 2.23. The van der Waals surface area contributed by atoms with Gasteiger partial charge < -0.3 is 15.4 Å². The van der Waals surface area contributed by atoms with Crippen molar-refractivity contribution in [2.24, 2.45) is 5.92 Å². The third-order valence-electron chi connectivity index (χ3n) is 3.65. The molecule has 0 radical (unpaired) electrons. The highest BCUT2D eigenvalue weighted by Crippen LogP contribution is 2.32. The van der Waals surface area contributed by atoms with E-state index in [-0.39, 0.29) is 23.0 Å². The zero-order chi connectivity index (χ0) is 19.4. The van der Waals surface area contributed by atoms with Crippen molar-refractivity contribution in [1.29, 1.82) is 0 Å². The smallest absolute Gasteiger partial charge is 0.407 e. The molecule has 0 bridgehead atoms. The summed E-state index contributed by atoms with van der Waals surface area (Å²) in [7, 11) is 0. The lowest BCUT2D eigenvalue weighted by atomic mass is 10.0. The molecule has 1 aromatic carbocycles. The topological polar surface area (TPSA) is 50.4 Å². The minimum atomic E-state index is -0.555. The van der Waals surface area contributed by atoms with Gasteiger partial charge in [-0.2, -0.15) is 0 Å². The molecule has 0 aromatic heterocycles. The standard InChI is InChI=1S/C18H27Cl2FN2O2/c1-10(2)14(9-22-17(24)25-18(4,5)6)23-11(3)15-12(19)7-8-13(21)16(15)20/h7-8,10-11,14,23H,9H2,1-6H3,(H,22,24). The second-order valence-corrected chi connectivity index (χ2v) is 8.16. The highest BCUT2D eigenvalue weighted by atomic mass is 35.5. The van der Waals surface area contributed by atoms with Crippen LogP contribution >= 0.6 is 23.2 Å². The van der Waals surface area contributed by atoms with Crippen LogP contribution < -0.4 is 10.6 Å². The van der Waals surface area contributed by atoms with Gasteiger partial charge in [0, 0.05) is 29.2 Å². The van der Waals surface area contributed by atoms with E-state index in [0.717, 1.165) is 0 Å². The van der Waals surface area contributed by atoms with Gasteiger partial charge in [-0.15, -0.1) is 0 Å². The van der Waals surface area contributed by atoms with Crippen LogP contribution in [-0.2, 0) is 4.74 Å². The molecular weight excluding hydrogens is 366 g/mol. The van der Waals surface area contributed by atoms with E-state index >= 15 is 0 Å². The number of carbonyl (C=O) groups is 1. The molecule has 1 rings (SSSR count). The second-order valence-electron chi connectivity index (χ2n) is 7.38. The first-order chi connectivity index (χ1) is 11.4. The molecule has 0 spiro atoms. The van der Waals surface area contributed by atoms with Crippen LogP contribution in [0.4, 0.5) is 9.18 Å². The van der Waals surface area contributed by atoms with Crippen molar-refractivity contribution in [3.63, 3.8) is 0 Å². The third kappa shape index (κ3) is 7.00. The Kier molecular flexibility index (Phi) is 7.97. The normalized spacial score (nSPS) is 14.3. The van der Waals surface area contributed by atoms with Crippen molar-refractivity contribution in [3.8, 4) is 0 Å². The molecule has 0 saturated heterocycles. The van der Waals surface area contributed by atoms with Crippen LogP contribution in [0.25, 0.3) is 0 Å². The Morgan fingerprint density at radius 2 is 1.84 bits per heavy atom. The first-order valence-electron chi connectivity index (χ1n) is 8.28. The van der Waals surface area contributed by atoms with Crippen LogP contribution in [0.3, 0.4) is 0 Å². The van der Waals surface area contributed by atoms with E-state index in [1.807, 2.05) is 20.8 Å². The van der Waals surface area contributed by atoms with Crippen LogP contribution in [0.2, 0.25) is 10.0 Å². The summed E-state index contributed by atoms with van der Waals surface area (Å²) in [4.78, 5) is 11.8. The molecular formula is C18H27Cl2FN2O2. The number of carbonyl (C=O) groups excluding carboxylic acids is 1. The van der Waals surface area contributed by atoms with E-state index in [2.05, 4.69) is 10.6 Å². The number of hydrogen-bond donors (Lipinski definition) is 2. The van der Waals surface area contributed by atoms with E-state index in [1.54, 1.807) is 20.8 Å². The van der Waals surface area contributed by atoms with Crippen molar-refractivity contribution >= 4 is 29.3 Å². The summed E-state index contributed by atoms with van der Waals surface area (Å²) in [6, 6.07) is 2.37. The lowest BCUT2D eigenvalue weighted by Crippen LogP contribution is -2.46. The number of hydrogen-bond acceptors (Lipinski definition) is 3. The molecule has 0 aliphatic carbocycles. The van der Waals surface area contributed by atoms with Gasteiger partial charge >= 0.3 is 6.09 Å². The first-order valence-corrected chi connectivity index (χ1v) is 9.04. The maximum Gasteiger partial charge on any atom is 0.407 e. The summed E-state index contributed by atoms with van der Waals surface area (Å²) in [6.45, 7) is 11.7. The van der Waals surface area contributed by atoms with E-state index in [4.69, 9.17) is 27.9 Å². The fourth-order valence-electron chi connectivity index (χ4n) is 2.34. The minimum Gasteiger partial charge on any atom is -0.444 e. The van der Waals surface area contributed by atoms with Crippen molar-refractivity contribution in [3.05, 3.63) is 33.6 Å². The third-order valence-corrected chi connectivity index (χ3v) is 4.36. The maximum atomic E-state index is 13.7. The van der Waals surface area contributed by atoms with Crippen LogP contribution in [-0.4, -0.2) is 24.3 Å². The quantitative estimate of drug-likeness (QED) is 0.642. The molecule has 0 aliphatic heterocycles. The van der Waals surface area contributed by atoms with Gasteiger partial charge in [0.05, 0.1) is 5.02 Å². The van der Waals surface area contributed by atoms with Crippen LogP contribution in [0.15, 0.2) is 12.1 Å². The van der Waals surface area contributed by atoms with Gasteiger partial charge in [0.1, 0.15) is 11.4 Å². The highest BCUT2D eigenvalue weighted by molar-refractivity contribution is 6.36. The van der Waals surface area contributed by atoms with E-state index < -0.39 is 17.5 Å².